The number of hydrogen-bond donors (Lipinski definition) is 1. The van der Waals surface area contributed by atoms with Crippen LogP contribution in [0.3, 0.4) is 0 Å². The third-order valence-electron chi connectivity index (χ3n) is 4.41. The zero-order chi connectivity index (χ0) is 18.7. The first kappa shape index (κ1) is 18.1. The normalized spacial score (nSPS) is 13.9. The molecule has 2 aromatic rings. The van der Waals surface area contributed by atoms with E-state index in [2.05, 4.69) is 30.3 Å². The number of aryl methyl sites for hydroxylation is 2. The minimum absolute atomic E-state index is 0.117. The van der Waals surface area contributed by atoms with Gasteiger partial charge >= 0.3 is 0 Å². The number of anilines is 2. The summed E-state index contributed by atoms with van der Waals surface area (Å²) in [6.07, 6.45) is 2.52. The molecule has 0 bridgehead atoms. The Morgan fingerprint density at radius 3 is 2.54 bits per heavy atom. The molecule has 0 atom stereocenters. The molecule has 2 aromatic heterocycles. The summed E-state index contributed by atoms with van der Waals surface area (Å²) in [6.45, 7) is 5.80. The molecule has 0 aromatic carbocycles. The Balaban J connectivity index is 1.69. The Hall–Kier alpha value is -2.71. The van der Waals surface area contributed by atoms with Crippen LogP contribution in [-0.4, -0.2) is 53.2 Å². The molecule has 9 nitrogen and oxygen atoms in total. The van der Waals surface area contributed by atoms with Gasteiger partial charge in [0.1, 0.15) is 5.76 Å². The maximum Gasteiger partial charge on any atom is 0.230 e. The smallest absolute Gasteiger partial charge is 0.230 e. The largest absolute Gasteiger partial charge is 0.361 e. The van der Waals surface area contributed by atoms with Crippen molar-refractivity contribution in [1.29, 1.82) is 0 Å². The summed E-state index contributed by atoms with van der Waals surface area (Å²) in [5, 5.41) is 6.75. The first-order valence-corrected chi connectivity index (χ1v) is 8.79. The third-order valence-corrected chi connectivity index (χ3v) is 4.41. The first-order valence-electron chi connectivity index (χ1n) is 8.79. The summed E-state index contributed by atoms with van der Waals surface area (Å²) >= 11 is 0. The first-order chi connectivity index (χ1) is 12.4. The molecular weight excluding hydrogens is 334 g/mol. The summed E-state index contributed by atoms with van der Waals surface area (Å²) in [5.74, 6) is 2.38. The van der Waals surface area contributed by atoms with Crippen molar-refractivity contribution in [2.45, 2.75) is 39.7 Å². The lowest BCUT2D eigenvalue weighted by Crippen LogP contribution is -2.28. The average Bonchev–Trinajstić information content (AvgIpc) is 3.25. The average molecular weight is 359 g/mol. The van der Waals surface area contributed by atoms with Crippen molar-refractivity contribution < 1.29 is 9.32 Å². The van der Waals surface area contributed by atoms with Gasteiger partial charge in [0, 0.05) is 32.7 Å². The monoisotopic (exact) mass is 359 g/mol. The van der Waals surface area contributed by atoms with Crippen LogP contribution < -0.4 is 15.1 Å². The van der Waals surface area contributed by atoms with Crippen LogP contribution in [0.2, 0.25) is 0 Å². The maximum atomic E-state index is 12.3. The van der Waals surface area contributed by atoms with E-state index in [0.29, 0.717) is 23.5 Å². The van der Waals surface area contributed by atoms with E-state index >= 15 is 0 Å². The zero-order valence-corrected chi connectivity index (χ0v) is 15.7. The predicted octanol–water partition coefficient (Wildman–Crippen LogP) is 1.00. The van der Waals surface area contributed by atoms with Gasteiger partial charge in [-0.25, -0.2) is 0 Å². The Bertz CT molecular complexity index is 762. The van der Waals surface area contributed by atoms with Crippen molar-refractivity contribution in [2.75, 3.05) is 37.0 Å². The lowest BCUT2D eigenvalue weighted by atomic mass is 10.1. The van der Waals surface area contributed by atoms with Gasteiger partial charge < -0.3 is 19.6 Å². The molecule has 0 radical (unpaired) electrons. The van der Waals surface area contributed by atoms with Gasteiger partial charge in [0.25, 0.3) is 0 Å². The van der Waals surface area contributed by atoms with Crippen LogP contribution in [0.15, 0.2) is 4.52 Å². The van der Waals surface area contributed by atoms with Crippen LogP contribution in [0.25, 0.3) is 0 Å². The van der Waals surface area contributed by atoms with Gasteiger partial charge in [-0.1, -0.05) is 5.16 Å². The van der Waals surface area contributed by atoms with E-state index in [-0.39, 0.29) is 18.9 Å². The fourth-order valence-electron chi connectivity index (χ4n) is 2.89. The van der Waals surface area contributed by atoms with Crippen LogP contribution >= 0.6 is 0 Å². The highest BCUT2D eigenvalue weighted by Gasteiger charge is 2.19. The van der Waals surface area contributed by atoms with E-state index in [1.54, 1.807) is 6.92 Å². The second-order valence-corrected chi connectivity index (χ2v) is 6.70. The Morgan fingerprint density at radius 1 is 1.19 bits per heavy atom. The highest BCUT2D eigenvalue weighted by Crippen LogP contribution is 2.18. The molecule has 26 heavy (non-hydrogen) atoms. The quantitative estimate of drug-likeness (QED) is 0.815. The van der Waals surface area contributed by atoms with Gasteiger partial charge in [-0.3, -0.25) is 4.79 Å². The van der Waals surface area contributed by atoms with E-state index in [4.69, 9.17) is 4.52 Å². The second-order valence-electron chi connectivity index (χ2n) is 6.70. The fraction of sp³-hybridized carbons (Fsp3) is 0.588. The molecule has 1 fully saturated rings. The number of hydrogen-bond acceptors (Lipinski definition) is 8. The standard InChI is InChI=1S/C17H25N7O2/c1-11-13(12(2)26-22-11)9-15(25)18-10-14-19-16(23(3)4)21-17(20-14)24-7-5-6-8-24/h5-10H2,1-4H3,(H,18,25). The number of nitrogens with one attached hydrogen (secondary N) is 1. The van der Waals surface area contributed by atoms with Gasteiger partial charge in [-0.15, -0.1) is 0 Å². The van der Waals surface area contributed by atoms with E-state index in [9.17, 15) is 4.79 Å². The van der Waals surface area contributed by atoms with E-state index in [1.165, 1.54) is 0 Å². The molecule has 0 saturated carbocycles. The van der Waals surface area contributed by atoms with Crippen molar-refractivity contribution in [1.82, 2.24) is 25.4 Å². The summed E-state index contributed by atoms with van der Waals surface area (Å²) in [5.41, 5.74) is 1.56. The maximum absolute atomic E-state index is 12.3. The summed E-state index contributed by atoms with van der Waals surface area (Å²) in [4.78, 5) is 29.8. The third kappa shape index (κ3) is 4.09. The molecule has 3 rings (SSSR count). The van der Waals surface area contributed by atoms with E-state index in [0.717, 1.165) is 37.2 Å². The molecule has 1 aliphatic heterocycles. The molecular formula is C17H25N7O2. The zero-order valence-electron chi connectivity index (χ0n) is 15.7. The van der Waals surface area contributed by atoms with Gasteiger partial charge in [-0.05, 0) is 26.7 Å². The number of nitrogens with zero attached hydrogens (tertiary/aromatic N) is 6. The van der Waals surface area contributed by atoms with Crippen LogP contribution in [0.1, 0.15) is 35.7 Å². The summed E-state index contributed by atoms with van der Waals surface area (Å²) in [6, 6.07) is 0. The van der Waals surface area contributed by atoms with Gasteiger partial charge in [0.15, 0.2) is 5.82 Å². The van der Waals surface area contributed by atoms with E-state index in [1.807, 2.05) is 25.9 Å². The van der Waals surface area contributed by atoms with Crippen LogP contribution in [0.5, 0.6) is 0 Å². The summed E-state index contributed by atoms with van der Waals surface area (Å²) < 4.78 is 5.10. The van der Waals surface area contributed by atoms with Crippen molar-refractivity contribution >= 4 is 17.8 Å². The van der Waals surface area contributed by atoms with Gasteiger partial charge in [0.05, 0.1) is 18.7 Å². The lowest BCUT2D eigenvalue weighted by molar-refractivity contribution is -0.120. The molecule has 0 spiro atoms. The molecule has 140 valence electrons. The highest BCUT2D eigenvalue weighted by atomic mass is 16.5. The number of carbonyl (C=O) groups is 1. The van der Waals surface area contributed by atoms with Crippen LogP contribution in [0.4, 0.5) is 11.9 Å². The van der Waals surface area contributed by atoms with Crippen molar-refractivity contribution in [2.24, 2.45) is 0 Å². The predicted molar refractivity (Wildman–Crippen MR) is 97.1 cm³/mol. The number of amides is 1. The summed E-state index contributed by atoms with van der Waals surface area (Å²) in [7, 11) is 3.78. The Morgan fingerprint density at radius 2 is 1.92 bits per heavy atom. The second kappa shape index (κ2) is 7.67. The Kier molecular flexibility index (Phi) is 5.34. The van der Waals surface area contributed by atoms with Crippen molar-refractivity contribution in [3.05, 3.63) is 22.8 Å². The van der Waals surface area contributed by atoms with Crippen molar-refractivity contribution in [3.8, 4) is 0 Å². The van der Waals surface area contributed by atoms with Crippen LogP contribution in [-0.2, 0) is 17.8 Å². The molecule has 3 heterocycles. The number of rotatable bonds is 6. The minimum atomic E-state index is -0.117. The molecule has 9 heteroatoms. The highest BCUT2D eigenvalue weighted by molar-refractivity contribution is 5.78. The fourth-order valence-corrected chi connectivity index (χ4v) is 2.89. The van der Waals surface area contributed by atoms with Crippen molar-refractivity contribution in [3.63, 3.8) is 0 Å². The van der Waals surface area contributed by atoms with Gasteiger partial charge in [-0.2, -0.15) is 15.0 Å². The molecule has 1 N–H and O–H groups in total. The molecule has 0 aliphatic carbocycles. The SMILES string of the molecule is Cc1noc(C)c1CC(=O)NCc1nc(N(C)C)nc(N2CCCC2)n1. The van der Waals surface area contributed by atoms with Crippen LogP contribution in [0, 0.1) is 13.8 Å². The number of aromatic nitrogens is 4. The topological polar surface area (TPSA) is 100 Å². The number of carbonyl (C=O) groups excluding carboxylic acids is 1. The van der Waals surface area contributed by atoms with Gasteiger partial charge in [0.2, 0.25) is 17.8 Å². The minimum Gasteiger partial charge on any atom is -0.361 e. The molecule has 1 saturated heterocycles. The molecule has 1 aliphatic rings. The lowest BCUT2D eigenvalue weighted by Gasteiger charge is -2.18. The van der Waals surface area contributed by atoms with E-state index < -0.39 is 0 Å². The Labute approximate surface area is 152 Å². The molecule has 1 amide bonds. The molecule has 0 unspecified atom stereocenters.